The maximum absolute atomic E-state index is 12.4. The monoisotopic (exact) mass is 327 g/mol. The summed E-state index contributed by atoms with van der Waals surface area (Å²) in [6.45, 7) is 1.29. The van der Waals surface area contributed by atoms with Gasteiger partial charge in [-0.05, 0) is 42.7 Å². The van der Waals surface area contributed by atoms with Crippen LogP contribution in [-0.4, -0.2) is 35.1 Å². The van der Waals surface area contributed by atoms with Crippen molar-refractivity contribution in [3.05, 3.63) is 65.7 Å². The van der Waals surface area contributed by atoms with E-state index in [1.54, 1.807) is 11.8 Å². The van der Waals surface area contributed by atoms with Gasteiger partial charge in [-0.2, -0.15) is 0 Å². The molecule has 0 aromatic heterocycles. The number of piperidine rings is 1. The zero-order chi connectivity index (χ0) is 16.1. The van der Waals surface area contributed by atoms with Crippen molar-refractivity contribution in [2.75, 3.05) is 13.1 Å². The van der Waals surface area contributed by atoms with Gasteiger partial charge in [-0.15, -0.1) is 11.8 Å². The number of amides is 1. The minimum atomic E-state index is -0.253. The van der Waals surface area contributed by atoms with Gasteiger partial charge in [-0.1, -0.05) is 30.3 Å². The molecule has 1 saturated heterocycles. The minimum Gasteiger partial charge on any atom is -0.393 e. The van der Waals surface area contributed by atoms with Gasteiger partial charge in [0.2, 0.25) is 0 Å². The molecule has 0 spiro atoms. The van der Waals surface area contributed by atoms with Crippen LogP contribution < -0.4 is 0 Å². The number of carbonyl (C=O) groups is 1. The van der Waals surface area contributed by atoms with Crippen LogP contribution in [-0.2, 0) is 5.75 Å². The van der Waals surface area contributed by atoms with Gasteiger partial charge in [-0.3, -0.25) is 4.79 Å². The summed E-state index contributed by atoms with van der Waals surface area (Å²) < 4.78 is 0. The third kappa shape index (κ3) is 4.36. The lowest BCUT2D eigenvalue weighted by molar-refractivity contribution is 0.0546. The number of nitrogens with zero attached hydrogens (tertiary/aromatic N) is 1. The molecule has 2 aromatic rings. The fourth-order valence-corrected chi connectivity index (χ4v) is 3.55. The normalized spacial score (nSPS) is 15.6. The van der Waals surface area contributed by atoms with Crippen LogP contribution in [0.1, 0.15) is 28.8 Å². The fraction of sp³-hybridized carbons (Fsp3) is 0.316. The van der Waals surface area contributed by atoms with Gasteiger partial charge < -0.3 is 10.0 Å². The van der Waals surface area contributed by atoms with E-state index in [4.69, 9.17) is 0 Å². The minimum absolute atomic E-state index is 0.0687. The molecule has 23 heavy (non-hydrogen) atoms. The first kappa shape index (κ1) is 16.1. The number of aliphatic hydroxyl groups is 1. The maximum atomic E-state index is 12.4. The van der Waals surface area contributed by atoms with Crippen molar-refractivity contribution in [1.29, 1.82) is 0 Å². The Morgan fingerprint density at radius 3 is 2.35 bits per heavy atom. The summed E-state index contributed by atoms with van der Waals surface area (Å²) in [7, 11) is 0. The van der Waals surface area contributed by atoms with Crippen molar-refractivity contribution in [2.24, 2.45) is 0 Å². The second-order valence-electron chi connectivity index (χ2n) is 5.82. The predicted molar refractivity (Wildman–Crippen MR) is 93.6 cm³/mol. The zero-order valence-corrected chi connectivity index (χ0v) is 13.8. The van der Waals surface area contributed by atoms with E-state index in [0.29, 0.717) is 25.9 Å². The molecule has 1 amide bonds. The summed E-state index contributed by atoms with van der Waals surface area (Å²) >= 11 is 1.79. The number of benzene rings is 2. The van der Waals surface area contributed by atoms with Gasteiger partial charge in [-0.25, -0.2) is 0 Å². The molecule has 1 aliphatic rings. The molecule has 4 heteroatoms. The summed E-state index contributed by atoms with van der Waals surface area (Å²) in [4.78, 5) is 15.5. The number of rotatable bonds is 4. The fourth-order valence-electron chi connectivity index (χ4n) is 2.68. The highest BCUT2D eigenvalue weighted by Gasteiger charge is 2.22. The number of hydrogen-bond acceptors (Lipinski definition) is 3. The third-order valence-corrected chi connectivity index (χ3v) is 5.18. The highest BCUT2D eigenvalue weighted by molar-refractivity contribution is 7.98. The highest BCUT2D eigenvalue weighted by Crippen LogP contribution is 2.23. The molecule has 0 atom stereocenters. The van der Waals surface area contributed by atoms with E-state index in [2.05, 4.69) is 12.1 Å². The molecule has 2 aromatic carbocycles. The molecule has 3 nitrogen and oxygen atoms in total. The van der Waals surface area contributed by atoms with Crippen LogP contribution in [0.25, 0.3) is 0 Å². The Morgan fingerprint density at radius 1 is 1.04 bits per heavy atom. The summed E-state index contributed by atoms with van der Waals surface area (Å²) in [5.41, 5.74) is 1.94. The van der Waals surface area contributed by atoms with Crippen molar-refractivity contribution in [2.45, 2.75) is 29.6 Å². The molecule has 0 radical (unpaired) electrons. The smallest absolute Gasteiger partial charge is 0.253 e. The summed E-state index contributed by atoms with van der Waals surface area (Å²) in [6, 6.07) is 18.2. The number of aliphatic hydroxyl groups excluding tert-OH is 1. The molecule has 120 valence electrons. The molecule has 0 bridgehead atoms. The van der Waals surface area contributed by atoms with E-state index >= 15 is 0 Å². The first-order valence-electron chi connectivity index (χ1n) is 7.96. The molecule has 1 aliphatic heterocycles. The van der Waals surface area contributed by atoms with Crippen LogP contribution in [0.3, 0.4) is 0 Å². The molecule has 1 heterocycles. The quantitative estimate of drug-likeness (QED) is 0.873. The Balaban J connectivity index is 1.57. The van der Waals surface area contributed by atoms with Crippen molar-refractivity contribution in [3.8, 4) is 0 Å². The highest BCUT2D eigenvalue weighted by atomic mass is 32.2. The van der Waals surface area contributed by atoms with Crippen molar-refractivity contribution < 1.29 is 9.90 Å². The van der Waals surface area contributed by atoms with Crippen LogP contribution in [0.2, 0.25) is 0 Å². The standard InChI is InChI=1S/C19H21NO2S/c21-17-10-12-20(13-11-17)19(22)16-8-6-15(7-9-16)14-23-18-4-2-1-3-5-18/h1-9,17,21H,10-14H2. The van der Waals surface area contributed by atoms with Gasteiger partial charge in [0.15, 0.2) is 0 Å². The van der Waals surface area contributed by atoms with Crippen LogP contribution in [0, 0.1) is 0 Å². The average molecular weight is 327 g/mol. The van der Waals surface area contributed by atoms with E-state index in [9.17, 15) is 9.90 Å². The molecule has 3 rings (SSSR count). The van der Waals surface area contributed by atoms with Gasteiger partial charge in [0, 0.05) is 29.3 Å². The Kier molecular flexibility index (Phi) is 5.36. The first-order valence-corrected chi connectivity index (χ1v) is 8.95. The maximum Gasteiger partial charge on any atom is 0.253 e. The third-order valence-electron chi connectivity index (χ3n) is 4.10. The van der Waals surface area contributed by atoms with Gasteiger partial charge in [0.1, 0.15) is 0 Å². The van der Waals surface area contributed by atoms with E-state index < -0.39 is 0 Å². The average Bonchev–Trinajstić information content (AvgIpc) is 2.61. The Hall–Kier alpha value is -1.78. The number of thioether (sulfide) groups is 1. The summed E-state index contributed by atoms with van der Waals surface area (Å²) in [5, 5.41) is 9.53. The van der Waals surface area contributed by atoms with Crippen molar-refractivity contribution >= 4 is 17.7 Å². The predicted octanol–water partition coefficient (Wildman–Crippen LogP) is 3.58. The number of carbonyl (C=O) groups excluding carboxylic acids is 1. The summed E-state index contributed by atoms with van der Waals surface area (Å²) in [5.74, 6) is 0.966. The van der Waals surface area contributed by atoms with Crippen molar-refractivity contribution in [1.82, 2.24) is 4.90 Å². The topological polar surface area (TPSA) is 40.5 Å². The summed E-state index contributed by atoms with van der Waals surface area (Å²) in [6.07, 6.45) is 1.10. The van der Waals surface area contributed by atoms with Gasteiger partial charge in [0.25, 0.3) is 5.91 Å². The van der Waals surface area contributed by atoms with Gasteiger partial charge in [0.05, 0.1) is 6.10 Å². The van der Waals surface area contributed by atoms with Crippen LogP contribution in [0.15, 0.2) is 59.5 Å². The molecule has 1 N–H and O–H groups in total. The lowest BCUT2D eigenvalue weighted by atomic mass is 10.1. The number of hydrogen-bond donors (Lipinski definition) is 1. The van der Waals surface area contributed by atoms with E-state index in [0.717, 1.165) is 11.3 Å². The lowest BCUT2D eigenvalue weighted by Gasteiger charge is -2.29. The van der Waals surface area contributed by atoms with Crippen molar-refractivity contribution in [3.63, 3.8) is 0 Å². The molecular formula is C19H21NO2S. The van der Waals surface area contributed by atoms with E-state index in [-0.39, 0.29) is 12.0 Å². The van der Waals surface area contributed by atoms with Gasteiger partial charge >= 0.3 is 0 Å². The van der Waals surface area contributed by atoms with E-state index in [1.165, 1.54) is 10.5 Å². The molecule has 0 saturated carbocycles. The molecule has 0 aliphatic carbocycles. The second kappa shape index (κ2) is 7.66. The number of likely N-dealkylation sites (tertiary alicyclic amines) is 1. The van der Waals surface area contributed by atoms with Crippen LogP contribution >= 0.6 is 11.8 Å². The Bertz CT molecular complexity index is 634. The SMILES string of the molecule is O=C(c1ccc(CSc2ccccc2)cc1)N1CCC(O)CC1. The second-order valence-corrected chi connectivity index (χ2v) is 6.87. The van der Waals surface area contributed by atoms with Crippen LogP contribution in [0.5, 0.6) is 0 Å². The van der Waals surface area contributed by atoms with Crippen LogP contribution in [0.4, 0.5) is 0 Å². The Labute approximate surface area is 141 Å². The lowest BCUT2D eigenvalue weighted by Crippen LogP contribution is -2.40. The molecular weight excluding hydrogens is 306 g/mol. The Morgan fingerprint density at radius 2 is 1.70 bits per heavy atom. The zero-order valence-electron chi connectivity index (χ0n) is 13.0. The largest absolute Gasteiger partial charge is 0.393 e. The first-order chi connectivity index (χ1) is 11.2. The molecule has 0 unspecified atom stereocenters. The molecule has 1 fully saturated rings. The van der Waals surface area contributed by atoms with E-state index in [1.807, 2.05) is 47.4 Å².